The van der Waals surface area contributed by atoms with E-state index in [0.29, 0.717) is 23.0 Å². The highest BCUT2D eigenvalue weighted by Crippen LogP contribution is 2.36. The molecule has 0 spiro atoms. The Morgan fingerprint density at radius 1 is 1.18 bits per heavy atom. The maximum Gasteiger partial charge on any atom is 0.129 e. The van der Waals surface area contributed by atoms with Crippen LogP contribution in [-0.4, -0.2) is 17.8 Å². The number of rotatable bonds is 8. The summed E-state index contributed by atoms with van der Waals surface area (Å²) in [4.78, 5) is 0. The van der Waals surface area contributed by atoms with Crippen LogP contribution in [-0.2, 0) is 11.3 Å². The number of hydrogen-bond acceptors (Lipinski definition) is 3. The van der Waals surface area contributed by atoms with Crippen molar-refractivity contribution in [1.82, 2.24) is 0 Å². The molecule has 176 valence electrons. The molecule has 0 aromatic heterocycles. The molecule has 0 bridgehead atoms. The topological polar surface area (TPSA) is 38.7 Å². The average Bonchev–Trinajstić information content (AvgIpc) is 3.10. The van der Waals surface area contributed by atoms with Gasteiger partial charge in [-0.25, -0.2) is 4.39 Å². The van der Waals surface area contributed by atoms with Crippen molar-refractivity contribution in [3.8, 4) is 16.9 Å². The lowest BCUT2D eigenvalue weighted by Crippen LogP contribution is -2.13. The van der Waals surface area contributed by atoms with Crippen molar-refractivity contribution < 1.29 is 19.0 Å². The van der Waals surface area contributed by atoms with Gasteiger partial charge in [0.15, 0.2) is 0 Å². The summed E-state index contributed by atoms with van der Waals surface area (Å²) in [5.41, 5.74) is 7.11. The first kappa shape index (κ1) is 24.8. The monoisotopic (exact) mass is 450 g/mol. The normalized spacial score (nSPS) is 19.2. The largest absolute Gasteiger partial charge is 0.491 e. The summed E-state index contributed by atoms with van der Waals surface area (Å²) in [6, 6.07) is 9.01. The molecule has 1 fully saturated rings. The third kappa shape index (κ3) is 6.35. The van der Waals surface area contributed by atoms with Crippen LogP contribution < -0.4 is 4.74 Å². The Bertz CT molecular complexity index is 1060. The number of benzene rings is 2. The van der Waals surface area contributed by atoms with Crippen LogP contribution in [0.5, 0.6) is 5.75 Å². The van der Waals surface area contributed by atoms with Gasteiger partial charge in [0.2, 0.25) is 0 Å². The van der Waals surface area contributed by atoms with E-state index in [4.69, 9.17) is 9.47 Å². The molecule has 1 N–H and O–H groups in total. The number of allylic oxidation sites excluding steroid dienone is 4. The molecule has 1 saturated carbocycles. The van der Waals surface area contributed by atoms with Gasteiger partial charge in [-0.2, -0.15) is 0 Å². The van der Waals surface area contributed by atoms with Gasteiger partial charge in [0.25, 0.3) is 0 Å². The summed E-state index contributed by atoms with van der Waals surface area (Å²) in [6.07, 6.45) is 5.70. The smallest absolute Gasteiger partial charge is 0.129 e. The summed E-state index contributed by atoms with van der Waals surface area (Å²) in [5.74, 6) is 1.59. The Kier molecular flexibility index (Phi) is 8.15. The van der Waals surface area contributed by atoms with Gasteiger partial charge in [0.1, 0.15) is 30.5 Å². The molecule has 2 unspecified atom stereocenters. The van der Waals surface area contributed by atoms with E-state index >= 15 is 0 Å². The van der Waals surface area contributed by atoms with Crippen LogP contribution in [0.3, 0.4) is 0 Å². The van der Waals surface area contributed by atoms with Gasteiger partial charge >= 0.3 is 0 Å². The van der Waals surface area contributed by atoms with Crippen molar-refractivity contribution in [2.24, 2.45) is 5.92 Å². The SMILES string of the molecule is C=C(/C=C1/CC(C)C/C1=C/C)OCc1cc(-c2c(C)cc(OCC(C)O)cc2C)ccc1F. The van der Waals surface area contributed by atoms with E-state index in [1.54, 1.807) is 13.0 Å². The fourth-order valence-electron chi connectivity index (χ4n) is 4.47. The van der Waals surface area contributed by atoms with Gasteiger partial charge in [-0.15, -0.1) is 0 Å². The van der Waals surface area contributed by atoms with Gasteiger partial charge in [-0.1, -0.05) is 25.6 Å². The van der Waals surface area contributed by atoms with Crippen LogP contribution >= 0.6 is 0 Å². The molecule has 0 aliphatic heterocycles. The van der Waals surface area contributed by atoms with Gasteiger partial charge < -0.3 is 14.6 Å². The van der Waals surface area contributed by atoms with E-state index in [9.17, 15) is 9.50 Å². The number of halogens is 1. The van der Waals surface area contributed by atoms with E-state index in [0.717, 1.165) is 35.1 Å². The van der Waals surface area contributed by atoms with E-state index in [2.05, 4.69) is 26.5 Å². The Morgan fingerprint density at radius 3 is 2.48 bits per heavy atom. The predicted octanol–water partition coefficient (Wildman–Crippen LogP) is 7.20. The molecule has 2 aromatic carbocycles. The van der Waals surface area contributed by atoms with Crippen LogP contribution in [0.25, 0.3) is 11.1 Å². The molecule has 33 heavy (non-hydrogen) atoms. The van der Waals surface area contributed by atoms with Crippen molar-refractivity contribution in [2.75, 3.05) is 6.61 Å². The molecule has 4 heteroatoms. The molecule has 2 aromatic rings. The summed E-state index contributed by atoms with van der Waals surface area (Å²) in [7, 11) is 0. The fraction of sp³-hybridized carbons (Fsp3) is 0.379. The number of aliphatic hydroxyl groups excluding tert-OH is 1. The second kappa shape index (κ2) is 10.8. The maximum atomic E-state index is 14.6. The third-order valence-corrected chi connectivity index (χ3v) is 5.98. The summed E-state index contributed by atoms with van der Waals surface area (Å²) in [6.45, 7) is 14.4. The lowest BCUT2D eigenvalue weighted by molar-refractivity contribution is 0.122. The fourth-order valence-corrected chi connectivity index (χ4v) is 4.47. The standard InChI is InChI=1S/C29H35FO3/c1-7-23-10-18(2)11-25(23)14-22(6)32-17-26-15-24(8-9-28(26)30)29-19(3)12-27(13-20(29)4)33-16-21(5)31/h7-9,12-15,18,21,31H,6,10-11,16-17H2,1-5H3/b23-7-,25-14-. The first-order chi connectivity index (χ1) is 15.7. The molecule has 0 saturated heterocycles. The maximum absolute atomic E-state index is 14.6. The number of aliphatic hydroxyl groups is 1. The molecule has 2 atom stereocenters. The molecular weight excluding hydrogens is 415 g/mol. The van der Waals surface area contributed by atoms with Gasteiger partial charge in [-0.3, -0.25) is 0 Å². The Morgan fingerprint density at radius 2 is 1.85 bits per heavy atom. The van der Waals surface area contributed by atoms with Crippen molar-refractivity contribution in [2.45, 2.75) is 60.2 Å². The number of aryl methyl sites for hydroxylation is 2. The minimum absolute atomic E-state index is 0.122. The van der Waals surface area contributed by atoms with Crippen molar-refractivity contribution in [3.05, 3.63) is 88.5 Å². The van der Waals surface area contributed by atoms with Crippen LogP contribution in [0, 0.1) is 25.6 Å². The molecule has 0 radical (unpaired) electrons. The minimum atomic E-state index is -0.531. The minimum Gasteiger partial charge on any atom is -0.491 e. The molecule has 3 rings (SSSR count). The Labute approximate surface area is 197 Å². The van der Waals surface area contributed by atoms with Gasteiger partial charge in [0.05, 0.1) is 6.10 Å². The van der Waals surface area contributed by atoms with E-state index in [1.165, 1.54) is 17.2 Å². The van der Waals surface area contributed by atoms with Crippen molar-refractivity contribution >= 4 is 0 Å². The molecular formula is C29H35FO3. The zero-order valence-electron chi connectivity index (χ0n) is 20.4. The zero-order valence-corrected chi connectivity index (χ0v) is 20.4. The summed E-state index contributed by atoms with van der Waals surface area (Å²) < 4.78 is 26.1. The average molecular weight is 451 g/mol. The third-order valence-electron chi connectivity index (χ3n) is 5.98. The van der Waals surface area contributed by atoms with E-state index in [1.807, 2.05) is 38.1 Å². The lowest BCUT2D eigenvalue weighted by Gasteiger charge is -2.16. The second-order valence-electron chi connectivity index (χ2n) is 9.15. The predicted molar refractivity (Wildman–Crippen MR) is 133 cm³/mol. The van der Waals surface area contributed by atoms with Crippen LogP contribution in [0.15, 0.2) is 66.0 Å². The van der Waals surface area contributed by atoms with E-state index in [-0.39, 0.29) is 19.0 Å². The zero-order chi connectivity index (χ0) is 24.1. The highest BCUT2D eigenvalue weighted by atomic mass is 19.1. The second-order valence-corrected chi connectivity index (χ2v) is 9.15. The Hall–Kier alpha value is -2.85. The first-order valence-electron chi connectivity index (χ1n) is 11.6. The lowest BCUT2D eigenvalue weighted by atomic mass is 9.94. The van der Waals surface area contributed by atoms with Gasteiger partial charge in [0, 0.05) is 5.56 Å². The molecule has 1 aliphatic carbocycles. The number of hydrogen-bond donors (Lipinski definition) is 1. The highest BCUT2D eigenvalue weighted by Gasteiger charge is 2.20. The van der Waals surface area contributed by atoms with Crippen LogP contribution in [0.4, 0.5) is 4.39 Å². The number of ether oxygens (including phenoxy) is 2. The first-order valence-corrected chi connectivity index (χ1v) is 11.6. The summed E-state index contributed by atoms with van der Waals surface area (Å²) >= 11 is 0. The highest BCUT2D eigenvalue weighted by molar-refractivity contribution is 5.72. The van der Waals surface area contributed by atoms with Crippen molar-refractivity contribution in [1.29, 1.82) is 0 Å². The molecule has 0 heterocycles. The molecule has 1 aliphatic rings. The summed E-state index contributed by atoms with van der Waals surface area (Å²) in [5, 5.41) is 9.46. The molecule has 3 nitrogen and oxygen atoms in total. The van der Waals surface area contributed by atoms with Crippen LogP contribution in [0.1, 0.15) is 50.3 Å². The van der Waals surface area contributed by atoms with Gasteiger partial charge in [-0.05, 0) is 110 Å². The van der Waals surface area contributed by atoms with Crippen LogP contribution in [0.2, 0.25) is 0 Å². The Balaban J connectivity index is 1.77. The van der Waals surface area contributed by atoms with E-state index < -0.39 is 6.10 Å². The quantitative estimate of drug-likeness (QED) is 0.432. The van der Waals surface area contributed by atoms with Crippen molar-refractivity contribution in [3.63, 3.8) is 0 Å². The molecule has 0 amide bonds.